The zero-order valence-electron chi connectivity index (χ0n) is 10.6. The summed E-state index contributed by atoms with van der Waals surface area (Å²) in [5.41, 5.74) is 7.12. The molecule has 1 unspecified atom stereocenters. The molecule has 0 fully saturated rings. The minimum Gasteiger partial charge on any atom is -0.480 e. The maximum absolute atomic E-state index is 11.3. The van der Waals surface area contributed by atoms with E-state index >= 15 is 0 Å². The summed E-state index contributed by atoms with van der Waals surface area (Å²) < 4.78 is 0. The number of carbonyl (C=O) groups is 1. The van der Waals surface area contributed by atoms with Gasteiger partial charge in [-0.05, 0) is 18.6 Å². The van der Waals surface area contributed by atoms with Gasteiger partial charge in [-0.3, -0.25) is 0 Å². The number of likely N-dealkylation sites (N-methyl/N-ethyl adjacent to an activating group) is 1. The zero-order chi connectivity index (χ0) is 13.7. The van der Waals surface area contributed by atoms with Gasteiger partial charge in [0.15, 0.2) is 0 Å². The molecule has 5 heteroatoms. The lowest BCUT2D eigenvalue weighted by molar-refractivity contribution is -0.138. The lowest BCUT2D eigenvalue weighted by Gasteiger charge is -2.28. The number of hydrogen-bond acceptors (Lipinski definition) is 3. The second-order valence-electron chi connectivity index (χ2n) is 4.14. The summed E-state index contributed by atoms with van der Waals surface area (Å²) in [5.74, 6) is -0.836. The highest BCUT2D eigenvalue weighted by Crippen LogP contribution is 2.22. The van der Waals surface area contributed by atoms with Gasteiger partial charge in [0.1, 0.15) is 11.0 Å². The van der Waals surface area contributed by atoms with Crippen LogP contribution in [0, 0.1) is 0 Å². The molecule has 0 aliphatic heterocycles. The van der Waals surface area contributed by atoms with Crippen molar-refractivity contribution in [1.29, 1.82) is 0 Å². The Hall–Kier alpha value is -1.62. The van der Waals surface area contributed by atoms with E-state index < -0.39 is 12.0 Å². The third-order valence-electron chi connectivity index (χ3n) is 2.86. The number of carboxylic acid groups (broad SMARTS) is 1. The zero-order valence-corrected chi connectivity index (χ0v) is 11.4. The predicted octanol–water partition coefficient (Wildman–Crippen LogP) is 2.01. The number of aliphatic carboxylic acids is 1. The molecule has 1 aromatic carbocycles. The fourth-order valence-corrected chi connectivity index (χ4v) is 2.09. The molecule has 4 nitrogen and oxygen atoms in total. The Labute approximate surface area is 112 Å². The van der Waals surface area contributed by atoms with Crippen LogP contribution < -0.4 is 10.6 Å². The largest absolute Gasteiger partial charge is 0.480 e. The number of rotatable bonds is 6. The first-order chi connectivity index (χ1) is 8.49. The maximum Gasteiger partial charge on any atom is 0.326 e. The Balaban J connectivity index is 3.12. The van der Waals surface area contributed by atoms with Gasteiger partial charge in [-0.15, -0.1) is 0 Å². The van der Waals surface area contributed by atoms with Crippen LogP contribution >= 0.6 is 12.2 Å². The van der Waals surface area contributed by atoms with Crippen molar-refractivity contribution in [3.05, 3.63) is 29.8 Å². The predicted molar refractivity (Wildman–Crippen MR) is 77.1 cm³/mol. The number of thiocarbonyl (C=S) groups is 1. The van der Waals surface area contributed by atoms with E-state index in [9.17, 15) is 9.90 Å². The average Bonchev–Trinajstić information content (AvgIpc) is 2.34. The molecule has 0 radical (unpaired) electrons. The second kappa shape index (κ2) is 6.35. The van der Waals surface area contributed by atoms with Crippen LogP contribution in [0.1, 0.15) is 25.3 Å². The average molecular weight is 266 g/mol. The number of benzene rings is 1. The van der Waals surface area contributed by atoms with Gasteiger partial charge in [0.05, 0.1) is 0 Å². The van der Waals surface area contributed by atoms with Gasteiger partial charge in [-0.2, -0.15) is 0 Å². The molecule has 0 aliphatic rings. The van der Waals surface area contributed by atoms with Crippen LogP contribution in [-0.4, -0.2) is 29.2 Å². The van der Waals surface area contributed by atoms with Crippen molar-refractivity contribution in [2.45, 2.75) is 25.8 Å². The van der Waals surface area contributed by atoms with Gasteiger partial charge in [-0.25, -0.2) is 4.79 Å². The molecular weight excluding hydrogens is 248 g/mol. The van der Waals surface area contributed by atoms with Gasteiger partial charge < -0.3 is 15.7 Å². The molecule has 98 valence electrons. The van der Waals surface area contributed by atoms with Gasteiger partial charge in [-0.1, -0.05) is 37.7 Å². The van der Waals surface area contributed by atoms with Gasteiger partial charge >= 0.3 is 5.97 Å². The van der Waals surface area contributed by atoms with Crippen LogP contribution in [0.4, 0.5) is 5.69 Å². The standard InChI is InChI=1S/C13H18N2O2S/c1-3-6-11(13(16)17)15(2)10-8-5-4-7-9(10)12(14)18/h4-5,7-8,11H,3,6H2,1-2H3,(H2,14,18)(H,16,17). The second-order valence-corrected chi connectivity index (χ2v) is 4.57. The van der Waals surface area contributed by atoms with Crippen molar-refractivity contribution < 1.29 is 9.90 Å². The molecule has 0 aromatic heterocycles. The maximum atomic E-state index is 11.3. The quantitative estimate of drug-likeness (QED) is 0.771. The summed E-state index contributed by atoms with van der Waals surface area (Å²) in [5, 5.41) is 9.26. The summed E-state index contributed by atoms with van der Waals surface area (Å²) in [6.45, 7) is 1.96. The van der Waals surface area contributed by atoms with Crippen LogP contribution in [0.5, 0.6) is 0 Å². The molecule has 0 saturated carbocycles. The molecule has 0 bridgehead atoms. The minimum atomic E-state index is -0.836. The van der Waals surface area contributed by atoms with Crippen LogP contribution in [0.25, 0.3) is 0 Å². The molecule has 1 aromatic rings. The van der Waals surface area contributed by atoms with Crippen molar-refractivity contribution in [2.75, 3.05) is 11.9 Å². The molecule has 3 N–H and O–H groups in total. The van der Waals surface area contributed by atoms with Crippen LogP contribution in [0.15, 0.2) is 24.3 Å². The SMILES string of the molecule is CCCC(C(=O)O)N(C)c1ccccc1C(N)=S. The Morgan fingerprint density at radius 2 is 2.11 bits per heavy atom. The summed E-state index contributed by atoms with van der Waals surface area (Å²) >= 11 is 4.99. The van der Waals surface area contributed by atoms with Gasteiger partial charge in [0, 0.05) is 18.3 Å². The number of nitrogens with zero attached hydrogens (tertiary/aromatic N) is 1. The lowest BCUT2D eigenvalue weighted by atomic mass is 10.1. The van der Waals surface area contributed by atoms with E-state index in [1.165, 1.54) is 0 Å². The molecule has 18 heavy (non-hydrogen) atoms. The molecule has 1 rings (SSSR count). The van der Waals surface area contributed by atoms with Gasteiger partial charge in [0.2, 0.25) is 0 Å². The van der Waals surface area contributed by atoms with Crippen molar-refractivity contribution in [3.63, 3.8) is 0 Å². The summed E-state index contributed by atoms with van der Waals surface area (Å²) in [7, 11) is 1.76. The summed E-state index contributed by atoms with van der Waals surface area (Å²) in [6, 6.07) is 6.75. The van der Waals surface area contributed by atoms with E-state index in [4.69, 9.17) is 18.0 Å². The highest BCUT2D eigenvalue weighted by atomic mass is 32.1. The number of carboxylic acids is 1. The Morgan fingerprint density at radius 1 is 1.50 bits per heavy atom. The molecule has 0 aliphatic carbocycles. The van der Waals surface area contributed by atoms with Crippen LogP contribution in [-0.2, 0) is 4.79 Å². The first-order valence-corrected chi connectivity index (χ1v) is 6.24. The van der Waals surface area contributed by atoms with Crippen molar-refractivity contribution >= 4 is 28.9 Å². The Morgan fingerprint density at radius 3 is 2.61 bits per heavy atom. The molecule has 0 spiro atoms. The van der Waals surface area contributed by atoms with E-state index in [1.807, 2.05) is 25.1 Å². The van der Waals surface area contributed by atoms with Crippen molar-refractivity contribution in [1.82, 2.24) is 0 Å². The first-order valence-electron chi connectivity index (χ1n) is 5.83. The van der Waals surface area contributed by atoms with Crippen molar-refractivity contribution in [3.8, 4) is 0 Å². The molecule has 0 heterocycles. The van der Waals surface area contributed by atoms with E-state index in [0.717, 1.165) is 12.1 Å². The molecule has 0 saturated heterocycles. The molecule has 1 atom stereocenters. The van der Waals surface area contributed by atoms with E-state index in [2.05, 4.69) is 0 Å². The minimum absolute atomic E-state index is 0.276. The highest BCUT2D eigenvalue weighted by molar-refractivity contribution is 7.80. The third kappa shape index (κ3) is 3.20. The van der Waals surface area contributed by atoms with E-state index in [-0.39, 0.29) is 4.99 Å². The first kappa shape index (κ1) is 14.4. The Kier molecular flexibility index (Phi) is 5.09. The van der Waals surface area contributed by atoms with Crippen LogP contribution in [0.2, 0.25) is 0 Å². The fourth-order valence-electron chi connectivity index (χ4n) is 1.91. The monoisotopic (exact) mass is 266 g/mol. The Bertz CT molecular complexity index is 448. The number of para-hydroxylation sites is 1. The third-order valence-corrected chi connectivity index (χ3v) is 3.08. The van der Waals surface area contributed by atoms with Crippen molar-refractivity contribution in [2.24, 2.45) is 5.73 Å². The topological polar surface area (TPSA) is 66.6 Å². The summed E-state index contributed by atoms with van der Waals surface area (Å²) in [6.07, 6.45) is 1.38. The van der Waals surface area contributed by atoms with E-state index in [1.54, 1.807) is 18.0 Å². The normalized spacial score (nSPS) is 11.9. The number of nitrogens with two attached hydrogens (primary N) is 1. The van der Waals surface area contributed by atoms with Crippen LogP contribution in [0.3, 0.4) is 0 Å². The molecule has 0 amide bonds. The lowest BCUT2D eigenvalue weighted by Crippen LogP contribution is -2.39. The van der Waals surface area contributed by atoms with Gasteiger partial charge in [0.25, 0.3) is 0 Å². The highest BCUT2D eigenvalue weighted by Gasteiger charge is 2.23. The number of hydrogen-bond donors (Lipinski definition) is 2. The smallest absolute Gasteiger partial charge is 0.326 e. The summed E-state index contributed by atoms with van der Waals surface area (Å²) in [4.78, 5) is 13.3. The van der Waals surface area contributed by atoms with E-state index in [0.29, 0.717) is 12.0 Å². The molecular formula is C13H18N2O2S. The number of anilines is 1. The fraction of sp³-hybridized carbons (Fsp3) is 0.385.